The van der Waals surface area contributed by atoms with Gasteiger partial charge in [0.05, 0.1) is 5.69 Å². The Morgan fingerprint density at radius 3 is 2.48 bits per heavy atom. The highest BCUT2D eigenvalue weighted by Gasteiger charge is 2.26. The molecule has 0 spiro atoms. The molecule has 10 heteroatoms. The van der Waals surface area contributed by atoms with Crippen molar-refractivity contribution in [1.29, 1.82) is 5.26 Å². The number of nitriles is 1. The fourth-order valence-electron chi connectivity index (χ4n) is 1.86. The molecule has 0 amide bonds. The largest absolute Gasteiger partial charge is 0.346 e. The van der Waals surface area contributed by atoms with Crippen LogP contribution in [0.25, 0.3) is 5.69 Å². The zero-order valence-corrected chi connectivity index (χ0v) is 14.5. The minimum absolute atomic E-state index is 0.298. The summed E-state index contributed by atoms with van der Waals surface area (Å²) in [4.78, 5) is 24.6. The zero-order chi connectivity index (χ0) is 17.4. The number of aromatic nitrogens is 2. The van der Waals surface area contributed by atoms with Crippen molar-refractivity contribution in [1.82, 2.24) is 8.54 Å². The molecule has 2 rings (SSSR count). The maximum Gasteiger partial charge on any atom is 0.346 e. The Labute approximate surface area is 148 Å². The lowest BCUT2D eigenvalue weighted by Gasteiger charge is -2.15. The zero-order valence-electron chi connectivity index (χ0n) is 11.4. The monoisotopic (exact) mass is 393 g/mol. The van der Waals surface area contributed by atoms with Gasteiger partial charge in [0.1, 0.15) is 17.4 Å². The van der Waals surface area contributed by atoms with Crippen molar-refractivity contribution in [2.24, 2.45) is 0 Å². The highest BCUT2D eigenvalue weighted by Crippen LogP contribution is 2.38. The molecule has 1 aromatic heterocycles. The van der Waals surface area contributed by atoms with Crippen LogP contribution in [0.5, 0.6) is 0 Å². The minimum atomic E-state index is -1.98. The molecule has 0 fully saturated rings. The Kier molecular flexibility index (Phi) is 5.11. The van der Waals surface area contributed by atoms with Crippen LogP contribution in [-0.4, -0.2) is 11.7 Å². The van der Waals surface area contributed by atoms with E-state index >= 15 is 0 Å². The van der Waals surface area contributed by atoms with E-state index in [1.54, 1.807) is 13.0 Å². The maximum absolute atomic E-state index is 13.2. The summed E-state index contributed by atoms with van der Waals surface area (Å²) in [6, 6.07) is 5.39. The Hall–Kier alpha value is -1.46. The smallest absolute Gasteiger partial charge is 0.267 e. The van der Waals surface area contributed by atoms with Crippen LogP contribution in [0, 0.1) is 24.1 Å². The van der Waals surface area contributed by atoms with E-state index < -0.39 is 20.2 Å². The van der Waals surface area contributed by atoms with Crippen molar-refractivity contribution in [3.05, 3.63) is 62.2 Å². The lowest BCUT2D eigenvalue weighted by molar-refractivity contribution is 0.625. The van der Waals surface area contributed by atoms with Crippen LogP contribution in [0.1, 0.15) is 11.1 Å². The average molecular weight is 395 g/mol. The van der Waals surface area contributed by atoms with Crippen LogP contribution in [0.2, 0.25) is 0 Å². The van der Waals surface area contributed by atoms with E-state index in [0.29, 0.717) is 27.2 Å². The topological polar surface area (TPSA) is 67.8 Å². The van der Waals surface area contributed by atoms with Crippen LogP contribution in [0.4, 0.5) is 4.39 Å². The predicted octanol–water partition coefficient (Wildman–Crippen LogP) is 3.14. The van der Waals surface area contributed by atoms with Crippen LogP contribution >= 0.6 is 46.8 Å². The molecule has 1 heterocycles. The molecule has 0 bridgehead atoms. The van der Waals surface area contributed by atoms with E-state index in [1.807, 2.05) is 0 Å². The molecule has 0 aliphatic heterocycles. The standard InChI is InChI=1S/C13H7Cl3FN3O2S/c1-7-4-9(17)2-3-10(7)19-6-8(5-18)11(21)20(12(19)22)23-13(14,15)16/h2-4,6H,1H3. The second-order valence-corrected chi connectivity index (χ2v) is 8.49. The lowest BCUT2D eigenvalue weighted by atomic mass is 10.2. The third-order valence-corrected chi connectivity index (χ3v) is 4.12. The Bertz CT molecular complexity index is 928. The fourth-order valence-corrected chi connectivity index (χ4v) is 3.03. The summed E-state index contributed by atoms with van der Waals surface area (Å²) in [6.07, 6.45) is 1.07. The first-order chi connectivity index (χ1) is 10.6. The third kappa shape index (κ3) is 3.90. The molecule has 23 heavy (non-hydrogen) atoms. The van der Waals surface area contributed by atoms with Crippen LogP contribution < -0.4 is 11.2 Å². The van der Waals surface area contributed by atoms with Crippen molar-refractivity contribution in [3.63, 3.8) is 0 Å². The summed E-state index contributed by atoms with van der Waals surface area (Å²) in [5, 5.41) is 9.07. The quantitative estimate of drug-likeness (QED) is 0.734. The molecule has 0 aliphatic rings. The fraction of sp³-hybridized carbons (Fsp3) is 0.154. The number of nitrogens with zero attached hydrogens (tertiary/aromatic N) is 3. The first-order valence-electron chi connectivity index (χ1n) is 5.95. The molecule has 2 aromatic rings. The van der Waals surface area contributed by atoms with Crippen LogP contribution in [0.15, 0.2) is 34.0 Å². The van der Waals surface area contributed by atoms with E-state index in [9.17, 15) is 14.0 Å². The number of benzene rings is 1. The Morgan fingerprint density at radius 2 is 1.96 bits per heavy atom. The third-order valence-electron chi connectivity index (χ3n) is 2.79. The first kappa shape index (κ1) is 17.9. The molecule has 5 nitrogen and oxygen atoms in total. The summed E-state index contributed by atoms with van der Waals surface area (Å²) < 4.78 is 12.8. The molecule has 0 N–H and O–H groups in total. The number of alkyl halides is 3. The molecule has 0 saturated heterocycles. The molecular formula is C13H7Cl3FN3O2S. The van der Waals surface area contributed by atoms with Gasteiger partial charge in [-0.15, -0.1) is 0 Å². The van der Waals surface area contributed by atoms with Crippen molar-refractivity contribution >= 4 is 46.8 Å². The van der Waals surface area contributed by atoms with Gasteiger partial charge < -0.3 is 0 Å². The highest BCUT2D eigenvalue weighted by molar-refractivity contribution is 8.03. The summed E-state index contributed by atoms with van der Waals surface area (Å²) in [7, 11) is 0. The molecule has 120 valence electrons. The lowest BCUT2D eigenvalue weighted by Crippen LogP contribution is -2.38. The minimum Gasteiger partial charge on any atom is -0.267 e. The molecule has 0 unspecified atom stereocenters. The van der Waals surface area contributed by atoms with Gasteiger partial charge >= 0.3 is 5.69 Å². The van der Waals surface area contributed by atoms with Gasteiger partial charge in [0, 0.05) is 18.1 Å². The van der Waals surface area contributed by atoms with Gasteiger partial charge in [-0.1, -0.05) is 34.8 Å². The van der Waals surface area contributed by atoms with Gasteiger partial charge in [-0.05, 0) is 30.7 Å². The van der Waals surface area contributed by atoms with Gasteiger partial charge in [-0.25, -0.2) is 9.18 Å². The summed E-state index contributed by atoms with van der Waals surface area (Å²) in [6.45, 7) is 1.58. The molecule has 0 radical (unpaired) electrons. The normalized spacial score (nSPS) is 11.3. The highest BCUT2D eigenvalue weighted by atomic mass is 35.6. The van der Waals surface area contributed by atoms with Crippen LogP contribution in [0.3, 0.4) is 0 Å². The van der Waals surface area contributed by atoms with Crippen molar-refractivity contribution in [2.75, 3.05) is 0 Å². The molecular weight excluding hydrogens is 388 g/mol. The second-order valence-electron chi connectivity index (χ2n) is 4.37. The molecule has 1 aromatic carbocycles. The average Bonchev–Trinajstić information content (AvgIpc) is 2.44. The van der Waals surface area contributed by atoms with Crippen molar-refractivity contribution < 1.29 is 4.39 Å². The van der Waals surface area contributed by atoms with Gasteiger partial charge in [-0.2, -0.15) is 9.23 Å². The number of halogens is 4. The SMILES string of the molecule is Cc1cc(F)ccc1-n1cc(C#N)c(=O)n(SC(Cl)(Cl)Cl)c1=O. The maximum atomic E-state index is 13.2. The summed E-state index contributed by atoms with van der Waals surface area (Å²) in [5.41, 5.74) is -1.33. The number of hydrogen-bond acceptors (Lipinski definition) is 4. The molecule has 0 atom stereocenters. The summed E-state index contributed by atoms with van der Waals surface area (Å²) in [5.74, 6) is -0.483. The van der Waals surface area contributed by atoms with E-state index in [2.05, 4.69) is 0 Å². The number of rotatable bonds is 2. The van der Waals surface area contributed by atoms with Crippen molar-refractivity contribution in [2.45, 2.75) is 10.0 Å². The van der Waals surface area contributed by atoms with Crippen molar-refractivity contribution in [3.8, 4) is 11.8 Å². The summed E-state index contributed by atoms with van der Waals surface area (Å²) >= 11 is 17.2. The first-order valence-corrected chi connectivity index (χ1v) is 7.86. The van der Waals surface area contributed by atoms with E-state index in [0.717, 1.165) is 16.8 Å². The number of aryl methyl sites for hydroxylation is 1. The van der Waals surface area contributed by atoms with E-state index in [-0.39, 0.29) is 5.56 Å². The van der Waals surface area contributed by atoms with E-state index in [4.69, 9.17) is 40.1 Å². The predicted molar refractivity (Wildman–Crippen MR) is 89.0 cm³/mol. The van der Waals surface area contributed by atoms with Gasteiger partial charge in [0.15, 0.2) is 0 Å². The van der Waals surface area contributed by atoms with Gasteiger partial charge in [0.2, 0.25) is 0 Å². The molecule has 0 saturated carbocycles. The van der Waals surface area contributed by atoms with E-state index in [1.165, 1.54) is 12.1 Å². The van der Waals surface area contributed by atoms with Gasteiger partial charge in [-0.3, -0.25) is 9.36 Å². The second kappa shape index (κ2) is 6.57. The number of hydrogen-bond donors (Lipinski definition) is 0. The van der Waals surface area contributed by atoms with Crippen LogP contribution in [-0.2, 0) is 0 Å². The Balaban J connectivity index is 2.80. The Morgan fingerprint density at radius 1 is 1.30 bits per heavy atom. The van der Waals surface area contributed by atoms with Gasteiger partial charge in [0.25, 0.3) is 8.68 Å². The molecule has 0 aliphatic carbocycles.